The summed E-state index contributed by atoms with van der Waals surface area (Å²) in [4.78, 5) is 18.0. The predicted octanol–water partition coefficient (Wildman–Crippen LogP) is 0.936. The molecule has 0 saturated carbocycles. The minimum absolute atomic E-state index is 0.0543. The fourth-order valence-corrected chi connectivity index (χ4v) is 2.16. The van der Waals surface area contributed by atoms with E-state index in [9.17, 15) is 4.79 Å². The molecule has 88 valence electrons. The van der Waals surface area contributed by atoms with Crippen molar-refractivity contribution in [2.24, 2.45) is 5.73 Å². The Balaban J connectivity index is 2.17. The van der Waals surface area contributed by atoms with Gasteiger partial charge in [-0.3, -0.25) is 4.79 Å². The highest BCUT2D eigenvalue weighted by Crippen LogP contribution is 2.19. The second kappa shape index (κ2) is 4.65. The molecule has 0 radical (unpaired) electrons. The number of amides is 1. The van der Waals surface area contributed by atoms with Gasteiger partial charge in [-0.2, -0.15) is 0 Å². The lowest BCUT2D eigenvalue weighted by molar-refractivity contribution is 0.0616. The summed E-state index contributed by atoms with van der Waals surface area (Å²) >= 11 is 0. The zero-order valence-electron chi connectivity index (χ0n) is 9.48. The van der Waals surface area contributed by atoms with Gasteiger partial charge < -0.3 is 15.1 Å². The number of carbonyl (C=O) groups is 1. The van der Waals surface area contributed by atoms with Crippen LogP contribution in [-0.2, 0) is 0 Å². The molecule has 1 aromatic heterocycles. The molecule has 1 unspecified atom stereocenters. The Morgan fingerprint density at radius 2 is 2.50 bits per heavy atom. The maximum absolute atomic E-state index is 12.2. The van der Waals surface area contributed by atoms with Gasteiger partial charge in [-0.25, -0.2) is 4.98 Å². The number of hydrogen-bond donors (Lipinski definition) is 1. The van der Waals surface area contributed by atoms with Crippen LogP contribution in [0.25, 0.3) is 0 Å². The van der Waals surface area contributed by atoms with E-state index in [1.54, 1.807) is 6.92 Å². The molecule has 2 N–H and O–H groups in total. The van der Waals surface area contributed by atoms with Crippen molar-refractivity contribution in [1.82, 2.24) is 9.88 Å². The van der Waals surface area contributed by atoms with Crippen LogP contribution in [-0.4, -0.2) is 34.9 Å². The highest BCUT2D eigenvalue weighted by Gasteiger charge is 2.28. The summed E-state index contributed by atoms with van der Waals surface area (Å²) in [7, 11) is 0. The summed E-state index contributed by atoms with van der Waals surface area (Å²) < 4.78 is 5.06. The Morgan fingerprint density at radius 1 is 1.69 bits per heavy atom. The molecule has 1 aliphatic heterocycles. The van der Waals surface area contributed by atoms with E-state index in [2.05, 4.69) is 4.98 Å². The zero-order valence-corrected chi connectivity index (χ0v) is 9.48. The molecule has 0 bridgehead atoms. The molecule has 0 aliphatic carbocycles. The molecular formula is C11H17N3O2. The third-order valence-corrected chi connectivity index (χ3v) is 3.11. The molecule has 1 saturated heterocycles. The maximum Gasteiger partial charge on any atom is 0.276 e. The standard InChI is InChI=1S/C11H17N3O2/c1-8-10(13-7-16-8)11(15)14-5-3-2-4-9(14)6-12/h7,9H,2-6,12H2,1H3. The summed E-state index contributed by atoms with van der Waals surface area (Å²) in [5, 5.41) is 0. The minimum Gasteiger partial charge on any atom is -0.448 e. The monoisotopic (exact) mass is 223 g/mol. The average Bonchev–Trinajstić information content (AvgIpc) is 2.74. The Morgan fingerprint density at radius 3 is 3.12 bits per heavy atom. The first kappa shape index (κ1) is 11.1. The number of oxazole rings is 1. The Hall–Kier alpha value is -1.36. The summed E-state index contributed by atoms with van der Waals surface area (Å²) in [6.45, 7) is 3.04. The van der Waals surface area contributed by atoms with E-state index in [-0.39, 0.29) is 11.9 Å². The normalized spacial score (nSPS) is 21.1. The van der Waals surface area contributed by atoms with Crippen molar-refractivity contribution in [3.05, 3.63) is 17.8 Å². The van der Waals surface area contributed by atoms with Crippen molar-refractivity contribution in [3.63, 3.8) is 0 Å². The number of piperidine rings is 1. The fraction of sp³-hybridized carbons (Fsp3) is 0.636. The number of rotatable bonds is 2. The Labute approximate surface area is 94.6 Å². The molecule has 2 heterocycles. The Kier molecular flexibility index (Phi) is 3.24. The highest BCUT2D eigenvalue weighted by atomic mass is 16.3. The van der Waals surface area contributed by atoms with Gasteiger partial charge >= 0.3 is 0 Å². The zero-order chi connectivity index (χ0) is 11.5. The number of aryl methyl sites for hydroxylation is 1. The van der Waals surface area contributed by atoms with Crippen molar-refractivity contribution in [2.75, 3.05) is 13.1 Å². The van der Waals surface area contributed by atoms with Gasteiger partial charge in [0.2, 0.25) is 0 Å². The van der Waals surface area contributed by atoms with Gasteiger partial charge in [-0.1, -0.05) is 0 Å². The molecule has 5 heteroatoms. The molecule has 1 fully saturated rings. The molecule has 2 rings (SSSR count). The number of carbonyl (C=O) groups excluding carboxylic acids is 1. The minimum atomic E-state index is -0.0543. The number of hydrogen-bond acceptors (Lipinski definition) is 4. The van der Waals surface area contributed by atoms with E-state index < -0.39 is 0 Å². The molecule has 5 nitrogen and oxygen atoms in total. The second-order valence-corrected chi connectivity index (χ2v) is 4.14. The topological polar surface area (TPSA) is 72.4 Å². The van der Waals surface area contributed by atoms with Crippen LogP contribution in [0.2, 0.25) is 0 Å². The predicted molar refractivity (Wildman–Crippen MR) is 59.0 cm³/mol. The van der Waals surface area contributed by atoms with Crippen molar-refractivity contribution >= 4 is 5.91 Å². The lowest BCUT2D eigenvalue weighted by Crippen LogP contribution is -2.47. The first-order valence-corrected chi connectivity index (χ1v) is 5.65. The first-order valence-electron chi connectivity index (χ1n) is 5.65. The summed E-state index contributed by atoms with van der Waals surface area (Å²) in [6.07, 6.45) is 4.48. The van der Waals surface area contributed by atoms with E-state index in [0.29, 0.717) is 18.0 Å². The van der Waals surface area contributed by atoms with Crippen molar-refractivity contribution < 1.29 is 9.21 Å². The van der Waals surface area contributed by atoms with Gasteiger partial charge in [-0.05, 0) is 26.2 Å². The lowest BCUT2D eigenvalue weighted by Gasteiger charge is -2.34. The van der Waals surface area contributed by atoms with Gasteiger partial charge in [0, 0.05) is 19.1 Å². The van der Waals surface area contributed by atoms with Gasteiger partial charge in [-0.15, -0.1) is 0 Å². The van der Waals surface area contributed by atoms with Crippen LogP contribution in [0.3, 0.4) is 0 Å². The SMILES string of the molecule is Cc1ocnc1C(=O)N1CCCCC1CN. The number of likely N-dealkylation sites (tertiary alicyclic amines) is 1. The van der Waals surface area contributed by atoms with Crippen LogP contribution < -0.4 is 5.73 Å². The maximum atomic E-state index is 12.2. The number of aromatic nitrogens is 1. The summed E-state index contributed by atoms with van der Waals surface area (Å²) in [6, 6.07) is 0.150. The van der Waals surface area contributed by atoms with Crippen molar-refractivity contribution in [3.8, 4) is 0 Å². The van der Waals surface area contributed by atoms with E-state index in [4.69, 9.17) is 10.2 Å². The number of nitrogens with zero attached hydrogens (tertiary/aromatic N) is 2. The quantitative estimate of drug-likeness (QED) is 0.809. The smallest absolute Gasteiger partial charge is 0.276 e. The van der Waals surface area contributed by atoms with Crippen LogP contribution in [0.1, 0.15) is 35.5 Å². The van der Waals surface area contributed by atoms with Crippen LogP contribution >= 0.6 is 0 Å². The Bertz CT molecular complexity index is 375. The molecular weight excluding hydrogens is 206 g/mol. The number of nitrogens with two attached hydrogens (primary N) is 1. The molecule has 1 aromatic rings. The molecule has 0 aromatic carbocycles. The largest absolute Gasteiger partial charge is 0.448 e. The van der Waals surface area contributed by atoms with Crippen LogP contribution in [0, 0.1) is 6.92 Å². The summed E-state index contributed by atoms with van der Waals surface area (Å²) in [5.74, 6) is 0.521. The molecule has 16 heavy (non-hydrogen) atoms. The van der Waals surface area contributed by atoms with E-state index in [1.807, 2.05) is 4.90 Å². The molecule has 0 spiro atoms. The van der Waals surface area contributed by atoms with Crippen molar-refractivity contribution in [1.29, 1.82) is 0 Å². The van der Waals surface area contributed by atoms with Crippen LogP contribution in [0.4, 0.5) is 0 Å². The molecule has 1 amide bonds. The average molecular weight is 223 g/mol. The third-order valence-electron chi connectivity index (χ3n) is 3.11. The van der Waals surface area contributed by atoms with E-state index in [1.165, 1.54) is 6.39 Å². The highest BCUT2D eigenvalue weighted by molar-refractivity contribution is 5.93. The van der Waals surface area contributed by atoms with Gasteiger partial charge in [0.15, 0.2) is 12.1 Å². The summed E-state index contributed by atoms with van der Waals surface area (Å²) in [5.41, 5.74) is 6.10. The van der Waals surface area contributed by atoms with Crippen LogP contribution in [0.15, 0.2) is 10.8 Å². The van der Waals surface area contributed by atoms with E-state index >= 15 is 0 Å². The van der Waals surface area contributed by atoms with Gasteiger partial charge in [0.25, 0.3) is 5.91 Å². The van der Waals surface area contributed by atoms with Gasteiger partial charge in [0.1, 0.15) is 5.76 Å². The lowest BCUT2D eigenvalue weighted by atomic mass is 10.0. The van der Waals surface area contributed by atoms with Gasteiger partial charge in [0.05, 0.1) is 0 Å². The van der Waals surface area contributed by atoms with Crippen LogP contribution in [0.5, 0.6) is 0 Å². The second-order valence-electron chi connectivity index (χ2n) is 4.14. The van der Waals surface area contributed by atoms with E-state index in [0.717, 1.165) is 25.8 Å². The van der Waals surface area contributed by atoms with Crippen molar-refractivity contribution in [2.45, 2.75) is 32.2 Å². The molecule has 1 aliphatic rings. The third kappa shape index (κ3) is 1.95. The first-order chi connectivity index (χ1) is 7.74. The molecule has 1 atom stereocenters. The fourth-order valence-electron chi connectivity index (χ4n) is 2.16.